The predicted octanol–water partition coefficient (Wildman–Crippen LogP) is 2.70. The van der Waals surface area contributed by atoms with E-state index in [2.05, 4.69) is 42.5 Å². The highest BCUT2D eigenvalue weighted by Crippen LogP contribution is 2.39. The van der Waals surface area contributed by atoms with E-state index in [4.69, 9.17) is 4.74 Å². The third kappa shape index (κ3) is 2.95. The number of methoxy groups -OCH3 is 1. The predicted molar refractivity (Wildman–Crippen MR) is 86.8 cm³/mol. The molecule has 2 aliphatic rings. The molecule has 2 aliphatic heterocycles. The number of fused-ring (bicyclic) bond motifs is 2. The van der Waals surface area contributed by atoms with Crippen LogP contribution in [0.5, 0.6) is 5.75 Å². The van der Waals surface area contributed by atoms with Crippen LogP contribution < -0.4 is 10.1 Å². The summed E-state index contributed by atoms with van der Waals surface area (Å²) < 4.78 is 5.51. The van der Waals surface area contributed by atoms with Crippen molar-refractivity contribution in [1.82, 2.24) is 10.2 Å². The summed E-state index contributed by atoms with van der Waals surface area (Å²) in [5, 5.41) is 3.58. The summed E-state index contributed by atoms with van der Waals surface area (Å²) in [5.74, 6) is 1.81. The first kappa shape index (κ1) is 14.9. The molecule has 3 rings (SSSR count). The van der Waals surface area contributed by atoms with Crippen LogP contribution >= 0.6 is 0 Å². The zero-order valence-electron chi connectivity index (χ0n) is 13.5. The summed E-state index contributed by atoms with van der Waals surface area (Å²) in [6, 6.07) is 10.6. The lowest BCUT2D eigenvalue weighted by molar-refractivity contribution is 0.114. The first-order chi connectivity index (χ1) is 10.2. The molecular formula is C18H28N2O. The molecule has 0 amide bonds. The van der Waals surface area contributed by atoms with Crippen LogP contribution in [0.25, 0.3) is 0 Å². The van der Waals surface area contributed by atoms with E-state index in [0.717, 1.165) is 30.2 Å². The average molecular weight is 288 g/mol. The monoisotopic (exact) mass is 288 g/mol. The van der Waals surface area contributed by atoms with Crippen molar-refractivity contribution in [2.45, 2.75) is 50.2 Å². The van der Waals surface area contributed by atoms with Crippen LogP contribution in [0.2, 0.25) is 0 Å². The Kier molecular flexibility index (Phi) is 4.51. The van der Waals surface area contributed by atoms with Crippen molar-refractivity contribution in [2.75, 3.05) is 21.2 Å². The molecular weight excluding hydrogens is 260 g/mol. The Morgan fingerprint density at radius 2 is 1.90 bits per heavy atom. The van der Waals surface area contributed by atoms with Crippen molar-refractivity contribution >= 4 is 0 Å². The normalized spacial score (nSPS) is 30.3. The Labute approximate surface area is 128 Å². The SMILES string of the molecule is CNC(Cc1ccccc1OC)C1CC2CCC(C1)N2C. The Morgan fingerprint density at radius 1 is 1.24 bits per heavy atom. The second-order valence-corrected chi connectivity index (χ2v) is 6.69. The minimum Gasteiger partial charge on any atom is -0.496 e. The van der Waals surface area contributed by atoms with E-state index in [-0.39, 0.29) is 0 Å². The van der Waals surface area contributed by atoms with Gasteiger partial charge in [0.2, 0.25) is 0 Å². The molecule has 116 valence electrons. The molecule has 0 saturated carbocycles. The van der Waals surface area contributed by atoms with E-state index in [9.17, 15) is 0 Å². The second-order valence-electron chi connectivity index (χ2n) is 6.69. The Morgan fingerprint density at radius 3 is 2.52 bits per heavy atom. The fourth-order valence-electron chi connectivity index (χ4n) is 4.40. The molecule has 1 aromatic rings. The van der Waals surface area contributed by atoms with Gasteiger partial charge in [-0.15, -0.1) is 0 Å². The molecule has 2 fully saturated rings. The van der Waals surface area contributed by atoms with E-state index in [1.165, 1.54) is 31.2 Å². The highest BCUT2D eigenvalue weighted by molar-refractivity contribution is 5.34. The van der Waals surface area contributed by atoms with Gasteiger partial charge in [-0.1, -0.05) is 18.2 Å². The Balaban J connectivity index is 1.71. The summed E-state index contributed by atoms with van der Waals surface area (Å²) in [6.07, 6.45) is 6.53. The van der Waals surface area contributed by atoms with Crippen molar-refractivity contribution < 1.29 is 4.74 Å². The second kappa shape index (κ2) is 6.37. The zero-order valence-corrected chi connectivity index (χ0v) is 13.5. The van der Waals surface area contributed by atoms with Crippen LogP contribution in [0.4, 0.5) is 0 Å². The van der Waals surface area contributed by atoms with Crippen molar-refractivity contribution in [2.24, 2.45) is 5.92 Å². The van der Waals surface area contributed by atoms with Crippen LogP contribution in [0, 0.1) is 5.92 Å². The molecule has 0 radical (unpaired) electrons. The number of nitrogens with zero attached hydrogens (tertiary/aromatic N) is 1. The Hall–Kier alpha value is -1.06. The maximum absolute atomic E-state index is 5.51. The number of hydrogen-bond acceptors (Lipinski definition) is 3. The first-order valence-corrected chi connectivity index (χ1v) is 8.24. The lowest BCUT2D eigenvalue weighted by Gasteiger charge is -2.40. The molecule has 1 N–H and O–H groups in total. The van der Waals surface area contributed by atoms with Crippen molar-refractivity contribution in [1.29, 1.82) is 0 Å². The minimum atomic E-state index is 0.554. The molecule has 3 atom stereocenters. The van der Waals surface area contributed by atoms with Gasteiger partial charge in [0.25, 0.3) is 0 Å². The van der Waals surface area contributed by atoms with Gasteiger partial charge in [-0.25, -0.2) is 0 Å². The van der Waals surface area contributed by atoms with Gasteiger partial charge in [-0.3, -0.25) is 0 Å². The Bertz CT molecular complexity index is 462. The smallest absolute Gasteiger partial charge is 0.122 e. The number of para-hydroxylation sites is 1. The molecule has 3 unspecified atom stereocenters. The molecule has 2 heterocycles. The molecule has 2 bridgehead atoms. The third-order valence-corrected chi connectivity index (χ3v) is 5.71. The third-order valence-electron chi connectivity index (χ3n) is 5.71. The van der Waals surface area contributed by atoms with Gasteiger partial charge >= 0.3 is 0 Å². The summed E-state index contributed by atoms with van der Waals surface area (Å²) in [5.41, 5.74) is 1.32. The fraction of sp³-hybridized carbons (Fsp3) is 0.667. The summed E-state index contributed by atoms with van der Waals surface area (Å²) in [7, 11) is 6.19. The number of nitrogens with one attached hydrogen (secondary N) is 1. The first-order valence-electron chi connectivity index (χ1n) is 8.24. The van der Waals surface area contributed by atoms with Crippen LogP contribution in [0.1, 0.15) is 31.2 Å². The largest absolute Gasteiger partial charge is 0.496 e. The van der Waals surface area contributed by atoms with E-state index < -0.39 is 0 Å². The number of rotatable bonds is 5. The van der Waals surface area contributed by atoms with E-state index >= 15 is 0 Å². The van der Waals surface area contributed by atoms with Crippen molar-refractivity contribution in [3.05, 3.63) is 29.8 Å². The van der Waals surface area contributed by atoms with Crippen LogP contribution in [0.3, 0.4) is 0 Å². The minimum absolute atomic E-state index is 0.554. The lowest BCUT2D eigenvalue weighted by Crippen LogP contribution is -2.47. The van der Waals surface area contributed by atoms with Gasteiger partial charge in [-0.05, 0) is 63.7 Å². The van der Waals surface area contributed by atoms with E-state index in [1.54, 1.807) is 7.11 Å². The number of ether oxygens (including phenoxy) is 1. The lowest BCUT2D eigenvalue weighted by atomic mass is 9.82. The fourth-order valence-corrected chi connectivity index (χ4v) is 4.40. The van der Waals surface area contributed by atoms with Crippen LogP contribution in [-0.4, -0.2) is 44.2 Å². The maximum Gasteiger partial charge on any atom is 0.122 e. The summed E-state index contributed by atoms with van der Waals surface area (Å²) in [4.78, 5) is 2.62. The highest BCUT2D eigenvalue weighted by atomic mass is 16.5. The number of benzene rings is 1. The van der Waals surface area contributed by atoms with Gasteiger partial charge in [0, 0.05) is 18.1 Å². The molecule has 1 aromatic carbocycles. The average Bonchev–Trinajstić information content (AvgIpc) is 2.74. The zero-order chi connectivity index (χ0) is 14.8. The van der Waals surface area contributed by atoms with Crippen LogP contribution in [0.15, 0.2) is 24.3 Å². The molecule has 2 saturated heterocycles. The quantitative estimate of drug-likeness (QED) is 0.901. The number of piperidine rings is 1. The summed E-state index contributed by atoms with van der Waals surface area (Å²) >= 11 is 0. The van der Waals surface area contributed by atoms with Gasteiger partial charge in [0.1, 0.15) is 5.75 Å². The van der Waals surface area contributed by atoms with Crippen molar-refractivity contribution in [3.8, 4) is 5.75 Å². The standard InChI is InChI=1S/C18H28N2O/c1-19-17(12-13-6-4-5-7-18(13)21-3)14-10-15-8-9-16(11-14)20(15)2/h4-7,14-17,19H,8-12H2,1-3H3. The van der Waals surface area contributed by atoms with Gasteiger partial charge in [0.05, 0.1) is 7.11 Å². The molecule has 21 heavy (non-hydrogen) atoms. The molecule has 0 spiro atoms. The van der Waals surface area contributed by atoms with Gasteiger partial charge in [-0.2, -0.15) is 0 Å². The van der Waals surface area contributed by atoms with E-state index in [0.29, 0.717) is 6.04 Å². The summed E-state index contributed by atoms with van der Waals surface area (Å²) in [6.45, 7) is 0. The maximum atomic E-state index is 5.51. The molecule has 3 nitrogen and oxygen atoms in total. The van der Waals surface area contributed by atoms with Gasteiger partial charge < -0.3 is 15.0 Å². The van der Waals surface area contributed by atoms with Crippen LogP contribution in [-0.2, 0) is 6.42 Å². The number of hydrogen-bond donors (Lipinski definition) is 1. The van der Waals surface area contributed by atoms with Crippen molar-refractivity contribution in [3.63, 3.8) is 0 Å². The molecule has 0 aliphatic carbocycles. The molecule has 3 heteroatoms. The van der Waals surface area contributed by atoms with E-state index in [1.807, 2.05) is 6.07 Å². The van der Waals surface area contributed by atoms with Gasteiger partial charge in [0.15, 0.2) is 0 Å². The highest BCUT2D eigenvalue weighted by Gasteiger charge is 2.40. The topological polar surface area (TPSA) is 24.5 Å². The molecule has 0 aromatic heterocycles. The number of likely N-dealkylation sites (N-methyl/N-ethyl adjacent to an activating group) is 1.